The first-order valence-electron chi connectivity index (χ1n) is 5.29. The Morgan fingerprint density at radius 2 is 2.27 bits per heavy atom. The predicted molar refractivity (Wildman–Crippen MR) is 72.8 cm³/mol. The predicted octanol–water partition coefficient (Wildman–Crippen LogP) is 4.06. The Balaban J connectivity index is 2.04. The Hall–Kier alpha value is -0.150. The Bertz CT molecular complexity index is 353. The second-order valence-electron chi connectivity index (χ2n) is 4.18. The van der Waals surface area contributed by atoms with Crippen LogP contribution in [0.4, 0.5) is 5.69 Å². The van der Waals surface area contributed by atoms with Gasteiger partial charge < -0.3 is 5.32 Å². The van der Waals surface area contributed by atoms with E-state index in [1.54, 1.807) is 0 Å². The maximum Gasteiger partial charge on any atom is 0.0373 e. The van der Waals surface area contributed by atoms with Crippen molar-refractivity contribution >= 4 is 33.4 Å². The van der Waals surface area contributed by atoms with Gasteiger partial charge in [0.1, 0.15) is 0 Å². The Morgan fingerprint density at radius 1 is 1.47 bits per heavy atom. The van der Waals surface area contributed by atoms with Gasteiger partial charge in [0.25, 0.3) is 0 Å². The summed E-state index contributed by atoms with van der Waals surface area (Å²) in [5.41, 5.74) is 2.59. The number of hydrogen-bond donors (Lipinski definition) is 1. The summed E-state index contributed by atoms with van der Waals surface area (Å²) in [5, 5.41) is 4.43. The van der Waals surface area contributed by atoms with Crippen molar-refractivity contribution in [2.24, 2.45) is 0 Å². The van der Waals surface area contributed by atoms with E-state index in [0.29, 0.717) is 6.04 Å². The lowest BCUT2D eigenvalue weighted by Gasteiger charge is -2.15. The van der Waals surface area contributed by atoms with Gasteiger partial charge in [0.2, 0.25) is 0 Å². The lowest BCUT2D eigenvalue weighted by Crippen LogP contribution is -2.19. The largest absolute Gasteiger partial charge is 0.381 e. The van der Waals surface area contributed by atoms with E-state index in [4.69, 9.17) is 0 Å². The molecular weight excluding hydrogens is 270 g/mol. The third kappa shape index (κ3) is 2.91. The van der Waals surface area contributed by atoms with Crippen LogP contribution in [0.25, 0.3) is 0 Å². The van der Waals surface area contributed by atoms with Crippen LogP contribution in [0.3, 0.4) is 0 Å². The summed E-state index contributed by atoms with van der Waals surface area (Å²) in [6, 6.07) is 7.06. The maximum absolute atomic E-state index is 3.63. The number of benzene rings is 1. The molecule has 0 saturated carbocycles. The number of halogens is 1. The SMILES string of the molecule is Cc1cc(Br)ccc1NC1CSC(C)C1. The zero-order valence-corrected chi connectivity index (χ0v) is 11.5. The van der Waals surface area contributed by atoms with Crippen LogP contribution in [0.2, 0.25) is 0 Å². The van der Waals surface area contributed by atoms with Gasteiger partial charge >= 0.3 is 0 Å². The smallest absolute Gasteiger partial charge is 0.0373 e. The quantitative estimate of drug-likeness (QED) is 0.879. The molecule has 1 aliphatic heterocycles. The Morgan fingerprint density at radius 3 is 2.87 bits per heavy atom. The maximum atomic E-state index is 3.63. The van der Waals surface area contributed by atoms with Crippen molar-refractivity contribution in [1.29, 1.82) is 0 Å². The molecule has 3 heteroatoms. The lowest BCUT2D eigenvalue weighted by molar-refractivity contribution is 0.746. The van der Waals surface area contributed by atoms with Crippen LogP contribution in [0.5, 0.6) is 0 Å². The third-order valence-corrected chi connectivity index (χ3v) is 4.60. The number of aryl methyl sites for hydroxylation is 1. The van der Waals surface area contributed by atoms with Gasteiger partial charge in [-0.15, -0.1) is 0 Å². The molecule has 2 rings (SSSR count). The van der Waals surface area contributed by atoms with Crippen molar-refractivity contribution < 1.29 is 0 Å². The van der Waals surface area contributed by atoms with Crippen molar-refractivity contribution in [3.05, 3.63) is 28.2 Å². The molecule has 1 nitrogen and oxygen atoms in total. The molecule has 0 aromatic heterocycles. The summed E-state index contributed by atoms with van der Waals surface area (Å²) in [6.07, 6.45) is 1.28. The lowest BCUT2D eigenvalue weighted by atomic mass is 10.1. The number of thioether (sulfide) groups is 1. The van der Waals surface area contributed by atoms with E-state index in [1.165, 1.54) is 23.4 Å². The fourth-order valence-electron chi connectivity index (χ4n) is 1.93. The number of rotatable bonds is 2. The van der Waals surface area contributed by atoms with Crippen LogP contribution in [0, 0.1) is 6.92 Å². The Labute approximate surface area is 104 Å². The molecule has 2 atom stereocenters. The van der Waals surface area contributed by atoms with E-state index in [-0.39, 0.29) is 0 Å². The highest BCUT2D eigenvalue weighted by atomic mass is 79.9. The molecule has 0 spiro atoms. The highest BCUT2D eigenvalue weighted by Crippen LogP contribution is 2.29. The van der Waals surface area contributed by atoms with Crippen molar-refractivity contribution in [2.75, 3.05) is 11.1 Å². The van der Waals surface area contributed by atoms with E-state index in [1.807, 2.05) is 0 Å². The summed E-state index contributed by atoms with van der Waals surface area (Å²) in [4.78, 5) is 0. The minimum atomic E-state index is 0.643. The highest BCUT2D eigenvalue weighted by Gasteiger charge is 2.21. The first kappa shape index (κ1) is 11.3. The van der Waals surface area contributed by atoms with Crippen LogP contribution in [0.15, 0.2) is 22.7 Å². The van der Waals surface area contributed by atoms with Gasteiger partial charge in [-0.1, -0.05) is 22.9 Å². The average Bonchev–Trinajstić information content (AvgIpc) is 2.56. The summed E-state index contributed by atoms with van der Waals surface area (Å²) >= 11 is 5.55. The van der Waals surface area contributed by atoms with Gasteiger partial charge in [-0.2, -0.15) is 11.8 Å². The summed E-state index contributed by atoms with van der Waals surface area (Å²) in [7, 11) is 0. The van der Waals surface area contributed by atoms with Crippen LogP contribution in [0.1, 0.15) is 18.9 Å². The van der Waals surface area contributed by atoms with Crippen LogP contribution < -0.4 is 5.32 Å². The molecule has 1 fully saturated rings. The third-order valence-electron chi connectivity index (χ3n) is 2.75. The molecule has 2 unspecified atom stereocenters. The van der Waals surface area contributed by atoms with Gasteiger partial charge in [0, 0.05) is 27.2 Å². The first-order valence-corrected chi connectivity index (χ1v) is 7.13. The van der Waals surface area contributed by atoms with E-state index in [2.05, 4.69) is 65.1 Å². The minimum Gasteiger partial charge on any atom is -0.381 e. The monoisotopic (exact) mass is 285 g/mol. The molecule has 1 N–H and O–H groups in total. The minimum absolute atomic E-state index is 0.643. The summed E-state index contributed by atoms with van der Waals surface area (Å²) in [5.74, 6) is 1.23. The molecule has 15 heavy (non-hydrogen) atoms. The number of nitrogens with one attached hydrogen (secondary N) is 1. The fourth-order valence-corrected chi connectivity index (χ4v) is 3.55. The molecular formula is C12H16BrNS. The van der Waals surface area contributed by atoms with Crippen LogP contribution >= 0.6 is 27.7 Å². The van der Waals surface area contributed by atoms with E-state index in [0.717, 1.165) is 9.72 Å². The van der Waals surface area contributed by atoms with E-state index < -0.39 is 0 Å². The molecule has 1 aromatic carbocycles. The second kappa shape index (κ2) is 4.79. The number of hydrogen-bond acceptors (Lipinski definition) is 2. The zero-order valence-electron chi connectivity index (χ0n) is 9.09. The second-order valence-corrected chi connectivity index (χ2v) is 6.57. The van der Waals surface area contributed by atoms with Crippen LogP contribution in [-0.4, -0.2) is 17.0 Å². The highest BCUT2D eigenvalue weighted by molar-refractivity contribution is 9.10. The molecule has 0 amide bonds. The van der Waals surface area contributed by atoms with Gasteiger partial charge in [0.05, 0.1) is 0 Å². The summed E-state index contributed by atoms with van der Waals surface area (Å²) in [6.45, 7) is 4.46. The molecule has 1 heterocycles. The van der Waals surface area contributed by atoms with Gasteiger partial charge in [-0.25, -0.2) is 0 Å². The zero-order chi connectivity index (χ0) is 10.8. The van der Waals surface area contributed by atoms with Crippen molar-refractivity contribution in [3.63, 3.8) is 0 Å². The molecule has 0 radical (unpaired) electrons. The van der Waals surface area contributed by atoms with Crippen molar-refractivity contribution in [2.45, 2.75) is 31.6 Å². The molecule has 1 aromatic rings. The van der Waals surface area contributed by atoms with Crippen molar-refractivity contribution in [3.8, 4) is 0 Å². The molecule has 0 aliphatic carbocycles. The molecule has 0 bridgehead atoms. The Kier molecular flexibility index (Phi) is 3.62. The first-order chi connectivity index (χ1) is 7.15. The average molecular weight is 286 g/mol. The fraction of sp³-hybridized carbons (Fsp3) is 0.500. The standard InChI is InChI=1S/C12H16BrNS/c1-8-5-10(13)3-4-12(8)14-11-6-9(2)15-7-11/h3-5,9,11,14H,6-7H2,1-2H3. The van der Waals surface area contributed by atoms with Gasteiger partial charge in [-0.3, -0.25) is 0 Å². The van der Waals surface area contributed by atoms with Crippen LogP contribution in [-0.2, 0) is 0 Å². The van der Waals surface area contributed by atoms with E-state index >= 15 is 0 Å². The normalized spacial score (nSPS) is 25.5. The van der Waals surface area contributed by atoms with Gasteiger partial charge in [-0.05, 0) is 37.1 Å². The molecule has 1 saturated heterocycles. The van der Waals surface area contributed by atoms with E-state index in [9.17, 15) is 0 Å². The van der Waals surface area contributed by atoms with Crippen molar-refractivity contribution in [1.82, 2.24) is 0 Å². The molecule has 82 valence electrons. The molecule has 1 aliphatic rings. The van der Waals surface area contributed by atoms with Gasteiger partial charge in [0.15, 0.2) is 0 Å². The number of anilines is 1. The summed E-state index contributed by atoms with van der Waals surface area (Å²) < 4.78 is 1.15. The topological polar surface area (TPSA) is 12.0 Å².